The molecular weight excluding hydrogens is 397 g/mol. The summed E-state index contributed by atoms with van der Waals surface area (Å²) in [5.74, 6) is 0.675. The van der Waals surface area contributed by atoms with Gasteiger partial charge in [-0.05, 0) is 31.5 Å². The lowest BCUT2D eigenvalue weighted by molar-refractivity contribution is -0.125. The Hall–Kier alpha value is -1.44. The van der Waals surface area contributed by atoms with Crippen molar-refractivity contribution in [2.75, 3.05) is 38.1 Å². The molecular formula is C20H29Cl2N5O. The van der Waals surface area contributed by atoms with Crippen molar-refractivity contribution in [1.82, 2.24) is 20.2 Å². The van der Waals surface area contributed by atoms with E-state index in [0.29, 0.717) is 5.95 Å². The van der Waals surface area contributed by atoms with Crippen molar-refractivity contribution in [3.63, 3.8) is 0 Å². The molecule has 2 aliphatic heterocycles. The minimum absolute atomic E-state index is 0. The van der Waals surface area contributed by atoms with E-state index in [9.17, 15) is 0 Å². The predicted octanol–water partition coefficient (Wildman–Crippen LogP) is 2.89. The van der Waals surface area contributed by atoms with E-state index in [-0.39, 0.29) is 30.4 Å². The van der Waals surface area contributed by atoms with Gasteiger partial charge in [-0.1, -0.05) is 30.3 Å². The van der Waals surface area contributed by atoms with Crippen LogP contribution in [0, 0.1) is 0 Å². The third kappa shape index (κ3) is 6.03. The smallest absolute Gasteiger partial charge is 0.222 e. The van der Waals surface area contributed by atoms with Crippen molar-refractivity contribution in [3.8, 4) is 0 Å². The first kappa shape index (κ1) is 22.8. The Morgan fingerprint density at radius 2 is 1.75 bits per heavy atom. The Balaban J connectivity index is 0.00000140. The van der Waals surface area contributed by atoms with Crippen LogP contribution in [0.2, 0.25) is 0 Å². The van der Waals surface area contributed by atoms with Crippen molar-refractivity contribution < 1.29 is 4.74 Å². The third-order valence-corrected chi connectivity index (χ3v) is 5.25. The quantitative estimate of drug-likeness (QED) is 0.767. The summed E-state index contributed by atoms with van der Waals surface area (Å²) in [6.07, 6.45) is 6.07. The van der Waals surface area contributed by atoms with E-state index in [4.69, 9.17) is 4.74 Å². The molecule has 1 aromatic heterocycles. The van der Waals surface area contributed by atoms with Crippen LogP contribution in [0.5, 0.6) is 0 Å². The predicted molar refractivity (Wildman–Crippen MR) is 116 cm³/mol. The Morgan fingerprint density at radius 3 is 2.46 bits per heavy atom. The lowest BCUT2D eigenvalue weighted by Crippen LogP contribution is -2.55. The number of ether oxygens (including phenoxy) is 1. The number of aromatic nitrogens is 2. The number of morpholine rings is 1. The molecule has 2 aromatic rings. The van der Waals surface area contributed by atoms with Crippen LogP contribution >= 0.6 is 24.8 Å². The summed E-state index contributed by atoms with van der Waals surface area (Å²) >= 11 is 0. The van der Waals surface area contributed by atoms with Gasteiger partial charge in [0.1, 0.15) is 0 Å². The summed E-state index contributed by atoms with van der Waals surface area (Å²) in [6.45, 7) is 6.53. The SMILES string of the molecule is Cl.Cl.c1ccc(CNc2ncc(CN3CCOC4(CCNCC4)C3)cn2)cc1. The number of benzene rings is 1. The van der Waals surface area contributed by atoms with Gasteiger partial charge in [-0.2, -0.15) is 0 Å². The zero-order valence-corrected chi connectivity index (χ0v) is 17.6. The summed E-state index contributed by atoms with van der Waals surface area (Å²) in [4.78, 5) is 11.4. The van der Waals surface area contributed by atoms with E-state index in [1.165, 1.54) is 5.56 Å². The number of nitrogens with one attached hydrogen (secondary N) is 2. The number of halogens is 2. The van der Waals surface area contributed by atoms with Crippen LogP contribution in [-0.4, -0.2) is 53.3 Å². The van der Waals surface area contributed by atoms with E-state index >= 15 is 0 Å². The fourth-order valence-corrected chi connectivity index (χ4v) is 3.81. The van der Waals surface area contributed by atoms with Gasteiger partial charge in [-0.25, -0.2) is 9.97 Å². The van der Waals surface area contributed by atoms with Gasteiger partial charge in [0.05, 0.1) is 12.2 Å². The maximum atomic E-state index is 6.14. The van der Waals surface area contributed by atoms with Gasteiger partial charge in [0, 0.05) is 44.1 Å². The molecule has 0 saturated carbocycles. The molecule has 154 valence electrons. The number of hydrogen-bond donors (Lipinski definition) is 2. The van der Waals surface area contributed by atoms with Gasteiger partial charge in [-0.15, -0.1) is 24.8 Å². The molecule has 2 saturated heterocycles. The average molecular weight is 426 g/mol. The van der Waals surface area contributed by atoms with Crippen LogP contribution < -0.4 is 10.6 Å². The highest BCUT2D eigenvalue weighted by atomic mass is 35.5. The second kappa shape index (κ2) is 10.9. The first-order chi connectivity index (χ1) is 12.8. The minimum Gasteiger partial charge on any atom is -0.372 e. The first-order valence-electron chi connectivity index (χ1n) is 9.47. The maximum Gasteiger partial charge on any atom is 0.222 e. The van der Waals surface area contributed by atoms with E-state index in [1.54, 1.807) is 0 Å². The second-order valence-electron chi connectivity index (χ2n) is 7.25. The molecule has 28 heavy (non-hydrogen) atoms. The summed E-state index contributed by atoms with van der Waals surface area (Å²) < 4.78 is 6.14. The van der Waals surface area contributed by atoms with Gasteiger partial charge in [0.25, 0.3) is 0 Å². The standard InChI is InChI=1S/C20H27N5O.2ClH/c1-2-4-17(5-3-1)12-22-19-23-13-18(14-24-19)15-25-10-11-26-20(16-25)6-8-21-9-7-20;;/h1-5,13-14,21H,6-12,15-16H2,(H,22,23,24);2*1H. The Kier molecular flexibility index (Phi) is 8.92. The number of rotatable bonds is 5. The summed E-state index contributed by atoms with van der Waals surface area (Å²) in [7, 11) is 0. The van der Waals surface area contributed by atoms with Crippen LogP contribution in [0.4, 0.5) is 5.95 Å². The number of nitrogens with zero attached hydrogens (tertiary/aromatic N) is 3. The highest BCUT2D eigenvalue weighted by molar-refractivity contribution is 5.85. The molecule has 4 rings (SSSR count). The summed E-state index contributed by atoms with van der Waals surface area (Å²) in [6, 6.07) is 10.3. The van der Waals surface area contributed by atoms with Crippen LogP contribution in [0.1, 0.15) is 24.0 Å². The van der Waals surface area contributed by atoms with Crippen molar-refractivity contribution in [1.29, 1.82) is 0 Å². The van der Waals surface area contributed by atoms with Crippen molar-refractivity contribution in [2.24, 2.45) is 0 Å². The number of piperidine rings is 1. The molecule has 2 aliphatic rings. The molecule has 6 nitrogen and oxygen atoms in total. The van der Waals surface area contributed by atoms with Crippen LogP contribution in [-0.2, 0) is 17.8 Å². The molecule has 0 bridgehead atoms. The number of hydrogen-bond acceptors (Lipinski definition) is 6. The highest BCUT2D eigenvalue weighted by Crippen LogP contribution is 2.28. The maximum absolute atomic E-state index is 6.14. The lowest BCUT2D eigenvalue weighted by atomic mass is 9.90. The van der Waals surface area contributed by atoms with E-state index < -0.39 is 0 Å². The molecule has 2 N–H and O–H groups in total. The van der Waals surface area contributed by atoms with Crippen LogP contribution in [0.25, 0.3) is 0 Å². The van der Waals surface area contributed by atoms with E-state index in [2.05, 4.69) is 37.6 Å². The van der Waals surface area contributed by atoms with Crippen molar-refractivity contribution in [3.05, 3.63) is 53.9 Å². The van der Waals surface area contributed by atoms with Gasteiger partial charge in [0.2, 0.25) is 5.95 Å². The largest absolute Gasteiger partial charge is 0.372 e. The Labute approximate surface area is 179 Å². The molecule has 1 aromatic carbocycles. The minimum atomic E-state index is 0. The van der Waals surface area contributed by atoms with Crippen molar-refractivity contribution in [2.45, 2.75) is 31.5 Å². The Bertz CT molecular complexity index is 690. The fourth-order valence-electron chi connectivity index (χ4n) is 3.81. The van der Waals surface area contributed by atoms with Gasteiger partial charge in [0.15, 0.2) is 0 Å². The summed E-state index contributed by atoms with van der Waals surface area (Å²) in [5, 5.41) is 6.70. The van der Waals surface area contributed by atoms with Crippen LogP contribution in [0.3, 0.4) is 0 Å². The Morgan fingerprint density at radius 1 is 1.04 bits per heavy atom. The molecule has 3 heterocycles. The molecule has 0 amide bonds. The molecule has 0 unspecified atom stereocenters. The van der Waals surface area contributed by atoms with Crippen molar-refractivity contribution >= 4 is 30.8 Å². The summed E-state index contributed by atoms with van der Waals surface area (Å²) in [5.41, 5.74) is 2.42. The van der Waals surface area contributed by atoms with Gasteiger partial charge >= 0.3 is 0 Å². The highest BCUT2D eigenvalue weighted by Gasteiger charge is 2.37. The fraction of sp³-hybridized carbons (Fsp3) is 0.500. The van der Waals surface area contributed by atoms with E-state index in [0.717, 1.165) is 64.3 Å². The molecule has 1 spiro atoms. The first-order valence-corrected chi connectivity index (χ1v) is 9.47. The second-order valence-corrected chi connectivity index (χ2v) is 7.25. The van der Waals surface area contributed by atoms with Gasteiger partial charge < -0.3 is 15.4 Å². The molecule has 0 radical (unpaired) electrons. The lowest BCUT2D eigenvalue weighted by Gasteiger charge is -2.45. The van der Waals surface area contributed by atoms with Crippen LogP contribution in [0.15, 0.2) is 42.7 Å². The zero-order valence-electron chi connectivity index (χ0n) is 16.0. The zero-order chi connectivity index (χ0) is 17.7. The third-order valence-electron chi connectivity index (χ3n) is 5.25. The van der Waals surface area contributed by atoms with Gasteiger partial charge in [-0.3, -0.25) is 4.90 Å². The molecule has 2 fully saturated rings. The average Bonchev–Trinajstić information content (AvgIpc) is 2.69. The van der Waals surface area contributed by atoms with E-state index in [1.807, 2.05) is 30.6 Å². The molecule has 8 heteroatoms. The molecule has 0 atom stereocenters. The monoisotopic (exact) mass is 425 g/mol. The number of anilines is 1. The normalized spacial score (nSPS) is 18.7. The topological polar surface area (TPSA) is 62.3 Å². The molecule has 0 aliphatic carbocycles.